The van der Waals surface area contributed by atoms with Crippen LogP contribution in [0.4, 0.5) is 11.4 Å². The molecule has 0 aliphatic carbocycles. The molecule has 0 spiro atoms. The summed E-state index contributed by atoms with van der Waals surface area (Å²) in [5, 5.41) is 2.95. The summed E-state index contributed by atoms with van der Waals surface area (Å²) in [5.74, 6) is 0.303. The molecule has 1 unspecified atom stereocenters. The van der Waals surface area contributed by atoms with Gasteiger partial charge in [0.2, 0.25) is 0 Å². The van der Waals surface area contributed by atoms with Crippen LogP contribution in [0.1, 0.15) is 63.1 Å². The van der Waals surface area contributed by atoms with Crippen LogP contribution in [-0.4, -0.2) is 18.4 Å². The number of nitrogens with one attached hydrogen (secondary N) is 1. The van der Waals surface area contributed by atoms with Crippen molar-refractivity contribution in [2.24, 2.45) is 0 Å². The van der Waals surface area contributed by atoms with Crippen LogP contribution in [0.15, 0.2) is 66.7 Å². The van der Waals surface area contributed by atoms with E-state index in [1.807, 2.05) is 79.4 Å². The number of hydrogen-bond acceptors (Lipinski definition) is 2. The Bertz CT molecular complexity index is 1140. The molecule has 3 aromatic rings. The second-order valence-electron chi connectivity index (χ2n) is 8.36. The Hall–Kier alpha value is -3.40. The van der Waals surface area contributed by atoms with Crippen molar-refractivity contribution in [2.75, 3.05) is 16.8 Å². The fourth-order valence-electron chi connectivity index (χ4n) is 4.35. The molecule has 0 bridgehead atoms. The summed E-state index contributed by atoms with van der Waals surface area (Å²) < 4.78 is 0. The zero-order valence-corrected chi connectivity index (χ0v) is 18.3. The molecule has 0 radical (unpaired) electrons. The van der Waals surface area contributed by atoms with Gasteiger partial charge in [-0.25, -0.2) is 0 Å². The lowest BCUT2D eigenvalue weighted by molar-refractivity contribution is 0.0985. The average Bonchev–Trinajstić information content (AvgIpc) is 2.93. The zero-order valence-electron chi connectivity index (χ0n) is 18.3. The number of para-hydroxylation sites is 1. The lowest BCUT2D eigenvalue weighted by Gasteiger charge is -2.24. The molecule has 2 amide bonds. The summed E-state index contributed by atoms with van der Waals surface area (Å²) in [6.45, 7) is 6.78. The topological polar surface area (TPSA) is 49.4 Å². The highest BCUT2D eigenvalue weighted by Crippen LogP contribution is 2.35. The number of anilines is 2. The number of carbonyl (C=O) groups excluding carboxylic acids is 2. The molecule has 1 N–H and O–H groups in total. The Labute approximate surface area is 183 Å². The largest absolute Gasteiger partial charge is 0.322 e. The normalized spacial score (nSPS) is 15.7. The molecule has 1 aliphatic heterocycles. The summed E-state index contributed by atoms with van der Waals surface area (Å²) in [6, 6.07) is 21.2. The fourth-order valence-corrected chi connectivity index (χ4v) is 4.35. The van der Waals surface area contributed by atoms with Gasteiger partial charge in [-0.2, -0.15) is 0 Å². The molecule has 4 nitrogen and oxygen atoms in total. The third-order valence-corrected chi connectivity index (χ3v) is 6.13. The van der Waals surface area contributed by atoms with Crippen molar-refractivity contribution in [1.82, 2.24) is 0 Å². The van der Waals surface area contributed by atoms with Gasteiger partial charge >= 0.3 is 0 Å². The Balaban J connectivity index is 1.58. The Kier molecular flexibility index (Phi) is 5.90. The van der Waals surface area contributed by atoms with Crippen LogP contribution in [0.5, 0.6) is 0 Å². The van der Waals surface area contributed by atoms with Gasteiger partial charge in [0.15, 0.2) is 0 Å². The van der Waals surface area contributed by atoms with E-state index in [-0.39, 0.29) is 11.8 Å². The summed E-state index contributed by atoms with van der Waals surface area (Å²) in [6.07, 6.45) is 2.05. The molecule has 1 atom stereocenters. The molecule has 3 aromatic carbocycles. The molecule has 4 rings (SSSR count). The first-order chi connectivity index (χ1) is 15.0. The molecule has 4 heteroatoms. The smallest absolute Gasteiger partial charge is 0.258 e. The number of rotatable bonds is 3. The van der Waals surface area contributed by atoms with Gasteiger partial charge in [-0.3, -0.25) is 9.59 Å². The van der Waals surface area contributed by atoms with Crippen LogP contribution in [-0.2, 0) is 0 Å². The van der Waals surface area contributed by atoms with Crippen LogP contribution in [0.25, 0.3) is 0 Å². The predicted molar refractivity (Wildman–Crippen MR) is 126 cm³/mol. The van der Waals surface area contributed by atoms with Crippen LogP contribution in [0.3, 0.4) is 0 Å². The summed E-state index contributed by atoms with van der Waals surface area (Å²) >= 11 is 0. The van der Waals surface area contributed by atoms with Crippen LogP contribution < -0.4 is 10.2 Å². The maximum Gasteiger partial charge on any atom is 0.258 e. The maximum absolute atomic E-state index is 13.5. The van der Waals surface area contributed by atoms with Gasteiger partial charge in [0.05, 0.1) is 0 Å². The first kappa shape index (κ1) is 20.9. The first-order valence-electron chi connectivity index (χ1n) is 10.8. The molecular weight excluding hydrogens is 384 g/mol. The Morgan fingerprint density at radius 1 is 0.903 bits per heavy atom. The second kappa shape index (κ2) is 8.76. The minimum atomic E-state index is -0.146. The molecule has 31 heavy (non-hydrogen) atoms. The van der Waals surface area contributed by atoms with E-state index < -0.39 is 0 Å². The molecule has 1 aliphatic rings. The van der Waals surface area contributed by atoms with E-state index in [0.29, 0.717) is 29.3 Å². The third kappa shape index (κ3) is 4.24. The van der Waals surface area contributed by atoms with Gasteiger partial charge in [0.1, 0.15) is 0 Å². The summed E-state index contributed by atoms with van der Waals surface area (Å²) in [5.41, 5.74) is 6.02. The molecule has 0 saturated heterocycles. The Morgan fingerprint density at radius 2 is 1.65 bits per heavy atom. The number of amides is 2. The molecule has 0 saturated carbocycles. The minimum absolute atomic E-state index is 0.0100. The summed E-state index contributed by atoms with van der Waals surface area (Å²) in [7, 11) is 0. The van der Waals surface area contributed by atoms with Crippen molar-refractivity contribution in [3.8, 4) is 0 Å². The molecule has 0 fully saturated rings. The predicted octanol–water partition coefficient (Wildman–Crippen LogP) is 6.10. The number of nitrogens with zero attached hydrogens (tertiary/aromatic N) is 1. The van der Waals surface area contributed by atoms with Crippen molar-refractivity contribution < 1.29 is 9.59 Å². The molecular formula is C27H28N2O2. The monoisotopic (exact) mass is 412 g/mol. The highest BCUT2D eigenvalue weighted by atomic mass is 16.2. The lowest BCUT2D eigenvalue weighted by Crippen LogP contribution is -2.32. The van der Waals surface area contributed by atoms with E-state index in [2.05, 4.69) is 18.3 Å². The van der Waals surface area contributed by atoms with Gasteiger partial charge in [0.25, 0.3) is 11.8 Å². The maximum atomic E-state index is 13.5. The van der Waals surface area contributed by atoms with Gasteiger partial charge < -0.3 is 10.2 Å². The van der Waals surface area contributed by atoms with Gasteiger partial charge in [0, 0.05) is 29.0 Å². The van der Waals surface area contributed by atoms with Crippen molar-refractivity contribution in [3.05, 3.63) is 94.5 Å². The summed E-state index contributed by atoms with van der Waals surface area (Å²) in [4.78, 5) is 28.0. The fraction of sp³-hybridized carbons (Fsp3) is 0.259. The molecule has 0 aromatic heterocycles. The second-order valence-corrected chi connectivity index (χ2v) is 8.36. The number of carbonyl (C=O) groups is 2. The molecule has 158 valence electrons. The minimum Gasteiger partial charge on any atom is -0.322 e. The van der Waals surface area contributed by atoms with E-state index >= 15 is 0 Å². The van der Waals surface area contributed by atoms with Gasteiger partial charge in [-0.1, -0.05) is 43.3 Å². The van der Waals surface area contributed by atoms with Crippen molar-refractivity contribution >= 4 is 23.2 Å². The zero-order chi connectivity index (χ0) is 22.0. The van der Waals surface area contributed by atoms with E-state index in [9.17, 15) is 9.59 Å². The number of fused-ring (bicyclic) bond motifs is 1. The highest BCUT2D eigenvalue weighted by Gasteiger charge is 2.26. The van der Waals surface area contributed by atoms with E-state index in [1.165, 1.54) is 5.56 Å². The van der Waals surface area contributed by atoms with E-state index in [0.717, 1.165) is 29.7 Å². The SMILES string of the molecule is Cc1ccccc1C(=O)Nc1ccc(C(=O)N2CCCC(C)c3ccccc32)c(C)c1. The molecule has 1 heterocycles. The quantitative estimate of drug-likeness (QED) is 0.565. The van der Waals surface area contributed by atoms with Crippen molar-refractivity contribution in [2.45, 2.75) is 39.5 Å². The van der Waals surface area contributed by atoms with Crippen LogP contribution in [0.2, 0.25) is 0 Å². The standard InChI is InChI=1S/C27H28N2O2/c1-18-10-8-16-29(25-13-7-6-11-22(18)25)27(31)24-15-14-21(17-20(24)3)28-26(30)23-12-5-4-9-19(23)2/h4-7,9,11-15,17-18H,8,10,16H2,1-3H3,(H,28,30). The van der Waals surface area contributed by atoms with Crippen LogP contribution >= 0.6 is 0 Å². The number of benzene rings is 3. The van der Waals surface area contributed by atoms with E-state index in [4.69, 9.17) is 0 Å². The van der Waals surface area contributed by atoms with Crippen LogP contribution in [0, 0.1) is 13.8 Å². The Morgan fingerprint density at radius 3 is 2.42 bits per heavy atom. The third-order valence-electron chi connectivity index (χ3n) is 6.13. The number of hydrogen-bond donors (Lipinski definition) is 1. The lowest BCUT2D eigenvalue weighted by atomic mass is 9.96. The highest BCUT2D eigenvalue weighted by molar-refractivity contribution is 6.09. The van der Waals surface area contributed by atoms with Gasteiger partial charge in [-0.15, -0.1) is 0 Å². The average molecular weight is 413 g/mol. The van der Waals surface area contributed by atoms with Gasteiger partial charge in [-0.05, 0) is 79.6 Å². The van der Waals surface area contributed by atoms with Crippen molar-refractivity contribution in [3.63, 3.8) is 0 Å². The first-order valence-corrected chi connectivity index (χ1v) is 10.8. The van der Waals surface area contributed by atoms with E-state index in [1.54, 1.807) is 0 Å². The van der Waals surface area contributed by atoms with Crippen molar-refractivity contribution in [1.29, 1.82) is 0 Å². The number of aryl methyl sites for hydroxylation is 2.